The monoisotopic (exact) mass is 342 g/mol. The molecule has 0 saturated heterocycles. The normalized spacial score (nSPS) is 11.7. The number of hydrogen-bond acceptors (Lipinski definition) is 3. The molecule has 0 amide bonds. The minimum absolute atomic E-state index is 0.0864. The Bertz CT molecular complexity index is 817. The maximum atomic E-state index is 9.85. The fraction of sp³-hybridized carbons (Fsp3) is 0.174. The van der Waals surface area contributed by atoms with Gasteiger partial charge in [-0.15, -0.1) is 0 Å². The highest BCUT2D eigenvalue weighted by molar-refractivity contribution is 5.40. The Morgan fingerprint density at radius 1 is 0.846 bits per heavy atom. The summed E-state index contributed by atoms with van der Waals surface area (Å²) in [5.41, 5.74) is 3.09. The largest absolute Gasteiger partial charge is 0.493 e. The van der Waals surface area contributed by atoms with E-state index in [9.17, 15) is 5.26 Å². The lowest BCUT2D eigenvalue weighted by Crippen LogP contribution is -2.27. The molecule has 0 fully saturated rings. The van der Waals surface area contributed by atoms with Crippen LogP contribution in [0, 0.1) is 11.3 Å². The first-order valence-corrected chi connectivity index (χ1v) is 8.80. The molecule has 3 heteroatoms. The smallest absolute Gasteiger partial charge is 0.125 e. The predicted octanol–water partition coefficient (Wildman–Crippen LogP) is 5.03. The number of rotatable bonds is 7. The van der Waals surface area contributed by atoms with E-state index in [1.807, 2.05) is 67.6 Å². The van der Waals surface area contributed by atoms with E-state index in [2.05, 4.69) is 35.7 Å². The zero-order valence-corrected chi connectivity index (χ0v) is 14.8. The lowest BCUT2D eigenvalue weighted by atomic mass is 9.96. The standard InChI is InChI=1S/C23H22N2O/c1-2-26-22-16-10-9-15-20(22)21(17-24)25-23(18-11-5-3-6-12-18)19-13-7-4-8-14-19/h3-16,21,23,25H,2H2,1H3/t21-/m0/s1. The molecule has 0 heterocycles. The highest BCUT2D eigenvalue weighted by atomic mass is 16.5. The lowest BCUT2D eigenvalue weighted by Gasteiger charge is -2.24. The van der Waals surface area contributed by atoms with Gasteiger partial charge in [0.05, 0.1) is 18.7 Å². The van der Waals surface area contributed by atoms with Gasteiger partial charge < -0.3 is 4.74 Å². The second kappa shape index (κ2) is 8.84. The Morgan fingerprint density at radius 2 is 1.38 bits per heavy atom. The van der Waals surface area contributed by atoms with Gasteiger partial charge >= 0.3 is 0 Å². The molecule has 0 unspecified atom stereocenters. The molecule has 1 atom stereocenters. The average molecular weight is 342 g/mol. The van der Waals surface area contributed by atoms with Crippen LogP contribution in [0.2, 0.25) is 0 Å². The topological polar surface area (TPSA) is 45.0 Å². The zero-order chi connectivity index (χ0) is 18.2. The van der Waals surface area contributed by atoms with Crippen LogP contribution in [-0.4, -0.2) is 6.61 Å². The summed E-state index contributed by atoms with van der Waals surface area (Å²) in [4.78, 5) is 0. The molecule has 130 valence electrons. The highest BCUT2D eigenvalue weighted by Crippen LogP contribution is 2.30. The van der Waals surface area contributed by atoms with Crippen LogP contribution in [0.15, 0.2) is 84.9 Å². The number of ether oxygens (including phenoxy) is 1. The van der Waals surface area contributed by atoms with Crippen molar-refractivity contribution in [1.29, 1.82) is 5.26 Å². The van der Waals surface area contributed by atoms with Crippen molar-refractivity contribution >= 4 is 0 Å². The second-order valence-electron chi connectivity index (χ2n) is 5.95. The van der Waals surface area contributed by atoms with Gasteiger partial charge in [-0.1, -0.05) is 78.9 Å². The van der Waals surface area contributed by atoms with Crippen LogP contribution in [-0.2, 0) is 0 Å². The number of para-hydroxylation sites is 1. The predicted molar refractivity (Wildman–Crippen MR) is 104 cm³/mol. The van der Waals surface area contributed by atoms with Gasteiger partial charge in [0.1, 0.15) is 11.8 Å². The van der Waals surface area contributed by atoms with E-state index in [0.29, 0.717) is 6.61 Å². The summed E-state index contributed by atoms with van der Waals surface area (Å²) in [6.45, 7) is 2.51. The third kappa shape index (κ3) is 4.11. The molecule has 0 bridgehead atoms. The van der Waals surface area contributed by atoms with E-state index in [1.54, 1.807) is 0 Å². The van der Waals surface area contributed by atoms with Crippen molar-refractivity contribution in [2.45, 2.75) is 19.0 Å². The molecule has 26 heavy (non-hydrogen) atoms. The first-order chi connectivity index (χ1) is 12.8. The molecule has 0 radical (unpaired) electrons. The molecular formula is C23H22N2O. The second-order valence-corrected chi connectivity index (χ2v) is 5.95. The summed E-state index contributed by atoms with van der Waals surface area (Å²) in [5, 5.41) is 13.4. The van der Waals surface area contributed by atoms with Crippen LogP contribution in [0.4, 0.5) is 0 Å². The van der Waals surface area contributed by atoms with E-state index in [0.717, 1.165) is 22.4 Å². The van der Waals surface area contributed by atoms with Crippen LogP contribution in [0.25, 0.3) is 0 Å². The van der Waals surface area contributed by atoms with E-state index >= 15 is 0 Å². The molecule has 1 N–H and O–H groups in total. The maximum Gasteiger partial charge on any atom is 0.125 e. The molecule has 0 aliphatic rings. The Morgan fingerprint density at radius 3 is 1.92 bits per heavy atom. The number of nitrogens with one attached hydrogen (secondary N) is 1. The molecule has 3 aromatic carbocycles. The van der Waals surface area contributed by atoms with Crippen molar-refractivity contribution in [3.05, 3.63) is 102 Å². The molecule has 0 aliphatic carbocycles. The summed E-state index contributed by atoms with van der Waals surface area (Å²) in [6.07, 6.45) is 0. The van der Waals surface area contributed by atoms with Crippen molar-refractivity contribution in [3.8, 4) is 11.8 Å². The van der Waals surface area contributed by atoms with Gasteiger partial charge in [-0.25, -0.2) is 0 Å². The van der Waals surface area contributed by atoms with Gasteiger partial charge in [0.25, 0.3) is 0 Å². The Kier molecular flexibility index (Phi) is 6.03. The molecule has 3 nitrogen and oxygen atoms in total. The Balaban J connectivity index is 1.97. The van der Waals surface area contributed by atoms with E-state index in [4.69, 9.17) is 4.74 Å². The average Bonchev–Trinajstić information content (AvgIpc) is 2.71. The van der Waals surface area contributed by atoms with Gasteiger partial charge in [-0.2, -0.15) is 5.26 Å². The molecular weight excluding hydrogens is 320 g/mol. The fourth-order valence-electron chi connectivity index (χ4n) is 3.05. The van der Waals surface area contributed by atoms with Crippen molar-refractivity contribution < 1.29 is 4.74 Å². The summed E-state index contributed by atoms with van der Waals surface area (Å²) in [6, 6.07) is 29.9. The molecule has 0 aliphatic heterocycles. The number of hydrogen-bond donors (Lipinski definition) is 1. The molecule has 0 aromatic heterocycles. The fourth-order valence-corrected chi connectivity index (χ4v) is 3.05. The first kappa shape index (κ1) is 17.7. The van der Waals surface area contributed by atoms with Crippen molar-refractivity contribution in [1.82, 2.24) is 5.32 Å². The SMILES string of the molecule is CCOc1ccccc1[C@H](C#N)NC(c1ccccc1)c1ccccc1. The zero-order valence-electron chi connectivity index (χ0n) is 14.8. The number of benzene rings is 3. The minimum Gasteiger partial charge on any atom is -0.493 e. The summed E-state index contributed by atoms with van der Waals surface area (Å²) in [7, 11) is 0. The van der Waals surface area contributed by atoms with Gasteiger partial charge in [0.15, 0.2) is 0 Å². The number of nitrogens with zero attached hydrogens (tertiary/aromatic N) is 1. The maximum absolute atomic E-state index is 9.85. The third-order valence-corrected chi connectivity index (χ3v) is 4.26. The molecule has 0 spiro atoms. The molecule has 0 saturated carbocycles. The quantitative estimate of drug-likeness (QED) is 0.655. The van der Waals surface area contributed by atoms with Crippen LogP contribution < -0.4 is 10.1 Å². The van der Waals surface area contributed by atoms with Crippen LogP contribution in [0.3, 0.4) is 0 Å². The van der Waals surface area contributed by atoms with Crippen molar-refractivity contribution in [3.63, 3.8) is 0 Å². The summed E-state index contributed by atoms with van der Waals surface area (Å²) >= 11 is 0. The van der Waals surface area contributed by atoms with Gasteiger partial charge in [-0.05, 0) is 24.1 Å². The third-order valence-electron chi connectivity index (χ3n) is 4.26. The van der Waals surface area contributed by atoms with E-state index in [-0.39, 0.29) is 6.04 Å². The van der Waals surface area contributed by atoms with Crippen LogP contribution in [0.1, 0.15) is 35.7 Å². The summed E-state index contributed by atoms with van der Waals surface area (Å²) in [5.74, 6) is 0.744. The molecule has 3 rings (SSSR count). The lowest BCUT2D eigenvalue weighted by molar-refractivity contribution is 0.333. The molecule has 3 aromatic rings. The Hall–Kier alpha value is -3.09. The van der Waals surface area contributed by atoms with Gasteiger partial charge in [0.2, 0.25) is 0 Å². The van der Waals surface area contributed by atoms with E-state index < -0.39 is 6.04 Å². The van der Waals surface area contributed by atoms with Crippen molar-refractivity contribution in [2.24, 2.45) is 0 Å². The number of nitriles is 1. The first-order valence-electron chi connectivity index (χ1n) is 8.80. The minimum atomic E-state index is -0.483. The van der Waals surface area contributed by atoms with Crippen LogP contribution >= 0.6 is 0 Å². The van der Waals surface area contributed by atoms with E-state index in [1.165, 1.54) is 0 Å². The highest BCUT2D eigenvalue weighted by Gasteiger charge is 2.22. The summed E-state index contributed by atoms with van der Waals surface area (Å²) < 4.78 is 5.72. The van der Waals surface area contributed by atoms with Crippen molar-refractivity contribution in [2.75, 3.05) is 6.61 Å². The van der Waals surface area contributed by atoms with Gasteiger partial charge in [-0.3, -0.25) is 5.32 Å². The Labute approximate surface area is 154 Å². The van der Waals surface area contributed by atoms with Crippen LogP contribution in [0.5, 0.6) is 5.75 Å². The van der Waals surface area contributed by atoms with Gasteiger partial charge in [0, 0.05) is 5.56 Å².